The van der Waals surface area contributed by atoms with Crippen molar-refractivity contribution < 1.29 is 33.1 Å². The standard InChI is InChI=1S/C18H21O7P/c1-12-5-6-13(9-15(12)25-26(19,20)21)7-8-14-10-16(22-2)18(24-4)17(11-14)23-3/h5-11H,1-4H3,(H2,19,20,21). The molecule has 0 fully saturated rings. The number of benzene rings is 2. The van der Waals surface area contributed by atoms with Gasteiger partial charge in [0.05, 0.1) is 21.3 Å². The van der Waals surface area contributed by atoms with Crippen molar-refractivity contribution in [1.29, 1.82) is 0 Å². The lowest BCUT2D eigenvalue weighted by Gasteiger charge is -2.13. The van der Waals surface area contributed by atoms with E-state index in [0.29, 0.717) is 28.4 Å². The molecule has 0 aliphatic heterocycles. The third-order valence-corrected chi connectivity index (χ3v) is 4.02. The molecule has 0 aromatic heterocycles. The number of methoxy groups -OCH3 is 3. The Labute approximate surface area is 152 Å². The number of phosphoric acid groups is 1. The number of hydrogen-bond acceptors (Lipinski definition) is 5. The molecule has 0 aliphatic carbocycles. The van der Waals surface area contributed by atoms with Gasteiger partial charge in [0.2, 0.25) is 5.75 Å². The van der Waals surface area contributed by atoms with Crippen LogP contribution < -0.4 is 18.7 Å². The van der Waals surface area contributed by atoms with Crippen LogP contribution in [0.1, 0.15) is 16.7 Å². The summed E-state index contributed by atoms with van der Waals surface area (Å²) in [5.41, 5.74) is 2.14. The average Bonchev–Trinajstić information content (AvgIpc) is 2.60. The molecule has 26 heavy (non-hydrogen) atoms. The monoisotopic (exact) mass is 380 g/mol. The molecule has 0 bridgehead atoms. The van der Waals surface area contributed by atoms with Crippen molar-refractivity contribution >= 4 is 20.0 Å². The molecule has 140 valence electrons. The van der Waals surface area contributed by atoms with Gasteiger partial charge in [0, 0.05) is 0 Å². The molecule has 8 heteroatoms. The molecule has 2 aromatic rings. The van der Waals surface area contributed by atoms with E-state index in [1.165, 1.54) is 21.3 Å². The van der Waals surface area contributed by atoms with Gasteiger partial charge < -0.3 is 18.7 Å². The molecule has 2 N–H and O–H groups in total. The Morgan fingerprint density at radius 3 is 1.88 bits per heavy atom. The van der Waals surface area contributed by atoms with Crippen molar-refractivity contribution in [2.45, 2.75) is 6.92 Å². The summed E-state index contributed by atoms with van der Waals surface area (Å²) in [6.07, 6.45) is 3.60. The third-order valence-electron chi connectivity index (χ3n) is 3.58. The van der Waals surface area contributed by atoms with Gasteiger partial charge in [-0.25, -0.2) is 4.57 Å². The first-order valence-corrected chi connectivity index (χ1v) is 9.14. The Balaban J connectivity index is 2.35. The van der Waals surface area contributed by atoms with Crippen molar-refractivity contribution in [3.63, 3.8) is 0 Å². The van der Waals surface area contributed by atoms with Crippen molar-refractivity contribution in [3.8, 4) is 23.0 Å². The van der Waals surface area contributed by atoms with Crippen molar-refractivity contribution in [2.75, 3.05) is 21.3 Å². The van der Waals surface area contributed by atoms with Gasteiger partial charge in [-0.3, -0.25) is 9.79 Å². The number of phosphoric ester groups is 1. The maximum Gasteiger partial charge on any atom is 0.524 e. The van der Waals surface area contributed by atoms with Gasteiger partial charge in [-0.1, -0.05) is 24.3 Å². The van der Waals surface area contributed by atoms with Crippen molar-refractivity contribution in [3.05, 3.63) is 47.0 Å². The minimum absolute atomic E-state index is 0.130. The van der Waals surface area contributed by atoms with Crippen LogP contribution in [-0.4, -0.2) is 31.1 Å². The van der Waals surface area contributed by atoms with E-state index in [4.69, 9.17) is 28.5 Å². The number of rotatable bonds is 7. The van der Waals surface area contributed by atoms with Crippen LogP contribution in [0.3, 0.4) is 0 Å². The minimum atomic E-state index is -4.61. The average molecular weight is 380 g/mol. The highest BCUT2D eigenvalue weighted by molar-refractivity contribution is 7.46. The zero-order valence-corrected chi connectivity index (χ0v) is 15.8. The van der Waals surface area contributed by atoms with Crippen molar-refractivity contribution in [2.24, 2.45) is 0 Å². The van der Waals surface area contributed by atoms with E-state index < -0.39 is 7.82 Å². The number of ether oxygens (including phenoxy) is 3. The second-order valence-electron chi connectivity index (χ2n) is 5.40. The smallest absolute Gasteiger partial charge is 0.493 e. The molecule has 0 spiro atoms. The van der Waals surface area contributed by atoms with Gasteiger partial charge in [-0.15, -0.1) is 0 Å². The van der Waals surface area contributed by atoms with Crippen LogP contribution in [0, 0.1) is 6.92 Å². The van der Waals surface area contributed by atoms with E-state index in [2.05, 4.69) is 0 Å². The van der Waals surface area contributed by atoms with Crippen LogP contribution in [0.15, 0.2) is 30.3 Å². The van der Waals surface area contributed by atoms with E-state index in [0.717, 1.165) is 5.56 Å². The first kappa shape index (κ1) is 19.8. The first-order chi connectivity index (χ1) is 12.3. The Morgan fingerprint density at radius 1 is 0.846 bits per heavy atom. The SMILES string of the molecule is COc1cc(C=Cc2ccc(C)c(OP(=O)(O)O)c2)cc(OC)c1OC. The van der Waals surface area contributed by atoms with Crippen LogP contribution >= 0.6 is 7.82 Å². The highest BCUT2D eigenvalue weighted by atomic mass is 31.2. The maximum atomic E-state index is 11.1. The molecule has 0 aliphatic rings. The van der Waals surface area contributed by atoms with Crippen LogP contribution in [0.4, 0.5) is 0 Å². The molecule has 0 amide bonds. The summed E-state index contributed by atoms with van der Waals surface area (Å²) >= 11 is 0. The normalized spacial score (nSPS) is 11.5. The fourth-order valence-electron chi connectivity index (χ4n) is 2.34. The summed E-state index contributed by atoms with van der Waals surface area (Å²) in [5, 5.41) is 0. The fourth-order valence-corrected chi connectivity index (χ4v) is 2.79. The number of aryl methyl sites for hydroxylation is 1. The number of hydrogen-bond donors (Lipinski definition) is 2. The predicted molar refractivity (Wildman–Crippen MR) is 98.9 cm³/mol. The van der Waals surface area contributed by atoms with E-state index in [1.54, 1.807) is 37.3 Å². The summed E-state index contributed by atoms with van der Waals surface area (Å²) in [4.78, 5) is 18.0. The quantitative estimate of drug-likeness (QED) is 0.559. The molecule has 0 unspecified atom stereocenters. The van der Waals surface area contributed by atoms with E-state index in [9.17, 15) is 4.57 Å². The predicted octanol–water partition coefficient (Wildman–Crippen LogP) is 3.66. The van der Waals surface area contributed by atoms with Gasteiger partial charge in [0.1, 0.15) is 5.75 Å². The Bertz CT molecular complexity index is 830. The van der Waals surface area contributed by atoms with Gasteiger partial charge in [0.15, 0.2) is 11.5 Å². The van der Waals surface area contributed by atoms with Crippen LogP contribution in [0.5, 0.6) is 23.0 Å². The largest absolute Gasteiger partial charge is 0.524 e. The fraction of sp³-hybridized carbons (Fsp3) is 0.222. The van der Waals surface area contributed by atoms with E-state index in [-0.39, 0.29) is 5.75 Å². The van der Waals surface area contributed by atoms with Crippen LogP contribution in [0.2, 0.25) is 0 Å². The van der Waals surface area contributed by atoms with Gasteiger partial charge in [-0.05, 0) is 41.8 Å². The Kier molecular flexibility index (Phi) is 6.32. The maximum absolute atomic E-state index is 11.1. The van der Waals surface area contributed by atoms with Crippen molar-refractivity contribution in [1.82, 2.24) is 0 Å². The van der Waals surface area contributed by atoms with Gasteiger partial charge >= 0.3 is 7.82 Å². The minimum Gasteiger partial charge on any atom is -0.493 e. The second-order valence-corrected chi connectivity index (χ2v) is 6.56. The molecule has 0 heterocycles. The molecule has 2 aromatic carbocycles. The topological polar surface area (TPSA) is 94.5 Å². The lowest BCUT2D eigenvalue weighted by Crippen LogP contribution is -1.95. The van der Waals surface area contributed by atoms with E-state index >= 15 is 0 Å². The molecule has 0 saturated carbocycles. The highest BCUT2D eigenvalue weighted by Crippen LogP contribution is 2.40. The zero-order chi connectivity index (χ0) is 19.3. The molecule has 7 nitrogen and oxygen atoms in total. The lowest BCUT2D eigenvalue weighted by molar-refractivity contribution is 0.282. The van der Waals surface area contributed by atoms with Gasteiger partial charge in [0.25, 0.3) is 0 Å². The molecule has 2 rings (SSSR count). The Hall–Kier alpha value is -2.47. The lowest BCUT2D eigenvalue weighted by atomic mass is 10.1. The highest BCUT2D eigenvalue weighted by Gasteiger charge is 2.17. The Morgan fingerprint density at radius 2 is 1.38 bits per heavy atom. The van der Waals surface area contributed by atoms with E-state index in [1.807, 2.05) is 12.1 Å². The summed E-state index contributed by atoms with van der Waals surface area (Å²) in [6, 6.07) is 8.68. The molecule has 0 radical (unpaired) electrons. The molecular formula is C18H21O7P. The van der Waals surface area contributed by atoms with Crippen LogP contribution in [0.25, 0.3) is 12.2 Å². The van der Waals surface area contributed by atoms with Crippen LogP contribution in [-0.2, 0) is 4.57 Å². The van der Waals surface area contributed by atoms with Gasteiger partial charge in [-0.2, -0.15) is 0 Å². The summed E-state index contributed by atoms with van der Waals surface area (Å²) in [5.74, 6) is 1.69. The first-order valence-electron chi connectivity index (χ1n) is 7.61. The molecule has 0 atom stereocenters. The second kappa shape index (κ2) is 8.27. The molecule has 0 saturated heterocycles. The summed E-state index contributed by atoms with van der Waals surface area (Å²) in [6.45, 7) is 1.71. The molecular weight excluding hydrogens is 359 g/mol. The zero-order valence-electron chi connectivity index (χ0n) is 14.9. The summed E-state index contributed by atoms with van der Waals surface area (Å²) in [7, 11) is -0.00421. The third kappa shape index (κ3) is 5.02. The summed E-state index contributed by atoms with van der Waals surface area (Å²) < 4.78 is 31.7.